The number of anilines is 1. The van der Waals surface area contributed by atoms with Gasteiger partial charge in [0.1, 0.15) is 0 Å². The average molecular weight is 213 g/mol. The van der Waals surface area contributed by atoms with E-state index in [1.807, 2.05) is 6.07 Å². The molecule has 0 saturated heterocycles. The number of nitrogens with two attached hydrogens (primary N) is 1. The van der Waals surface area contributed by atoms with Crippen LogP contribution < -0.4 is 11.1 Å². The van der Waals surface area contributed by atoms with Crippen LogP contribution in [0.3, 0.4) is 0 Å². The molecule has 1 rings (SSSR count). The Morgan fingerprint density at radius 3 is 3.00 bits per heavy atom. The first-order valence-corrected chi connectivity index (χ1v) is 4.67. The predicted octanol–water partition coefficient (Wildman–Crippen LogP) is 0.847. The van der Waals surface area contributed by atoms with E-state index in [0.29, 0.717) is 11.3 Å². The van der Waals surface area contributed by atoms with Crippen molar-refractivity contribution in [2.24, 2.45) is 5.73 Å². The summed E-state index contributed by atoms with van der Waals surface area (Å²) in [5, 5.41) is 11.3. The first-order chi connectivity index (χ1) is 7.67. The Labute approximate surface area is 94.1 Å². The molecule has 4 nitrogen and oxygen atoms in total. The maximum absolute atomic E-state index is 11.5. The molecule has 0 spiro atoms. The Morgan fingerprint density at radius 1 is 1.62 bits per heavy atom. The number of rotatable bonds is 3. The molecule has 1 aromatic carbocycles. The highest BCUT2D eigenvalue weighted by Crippen LogP contribution is 2.10. The number of benzene rings is 1. The predicted molar refractivity (Wildman–Crippen MR) is 61.2 cm³/mol. The summed E-state index contributed by atoms with van der Waals surface area (Å²) in [6.07, 6.45) is 5.24. The van der Waals surface area contributed by atoms with Crippen molar-refractivity contribution in [1.82, 2.24) is 0 Å². The molecule has 1 aromatic rings. The van der Waals surface area contributed by atoms with E-state index in [4.69, 9.17) is 17.4 Å². The molecule has 3 N–H and O–H groups in total. The van der Waals surface area contributed by atoms with Gasteiger partial charge in [-0.05, 0) is 18.2 Å². The van der Waals surface area contributed by atoms with Crippen LogP contribution in [0, 0.1) is 23.7 Å². The highest BCUT2D eigenvalue weighted by Gasteiger charge is 2.11. The minimum absolute atomic E-state index is 0.184. The van der Waals surface area contributed by atoms with Crippen LogP contribution in [-0.4, -0.2) is 11.9 Å². The van der Waals surface area contributed by atoms with Gasteiger partial charge in [-0.1, -0.05) is 6.07 Å². The molecule has 0 aliphatic rings. The quantitative estimate of drug-likeness (QED) is 0.730. The Kier molecular flexibility index (Phi) is 4.08. The maximum atomic E-state index is 11.5. The summed E-state index contributed by atoms with van der Waals surface area (Å²) in [6, 6.07) is 7.84. The Balaban J connectivity index is 2.71. The van der Waals surface area contributed by atoms with E-state index in [1.165, 1.54) is 0 Å². The maximum Gasteiger partial charge on any atom is 0.242 e. The Morgan fingerprint density at radius 2 is 2.38 bits per heavy atom. The zero-order valence-electron chi connectivity index (χ0n) is 8.60. The first-order valence-electron chi connectivity index (χ1n) is 4.67. The van der Waals surface area contributed by atoms with Gasteiger partial charge in [-0.25, -0.2) is 0 Å². The summed E-state index contributed by atoms with van der Waals surface area (Å²) in [4.78, 5) is 11.5. The van der Waals surface area contributed by atoms with Gasteiger partial charge in [0.15, 0.2) is 0 Å². The summed E-state index contributed by atoms with van der Waals surface area (Å²) in [5.74, 6) is 1.96. The number of nitrogens with one attached hydrogen (secondary N) is 1. The van der Waals surface area contributed by atoms with Gasteiger partial charge in [-0.15, -0.1) is 12.3 Å². The molecular weight excluding hydrogens is 202 g/mol. The largest absolute Gasteiger partial charge is 0.325 e. The fourth-order valence-corrected chi connectivity index (χ4v) is 1.12. The van der Waals surface area contributed by atoms with Crippen LogP contribution in [0.15, 0.2) is 24.3 Å². The summed E-state index contributed by atoms with van der Waals surface area (Å²) in [5.41, 5.74) is 6.54. The van der Waals surface area contributed by atoms with E-state index in [9.17, 15) is 4.79 Å². The minimum Gasteiger partial charge on any atom is -0.325 e. The fraction of sp³-hybridized carbons (Fsp3) is 0.167. The van der Waals surface area contributed by atoms with Crippen molar-refractivity contribution in [3.05, 3.63) is 29.8 Å². The highest BCUT2D eigenvalue weighted by molar-refractivity contribution is 5.94. The summed E-state index contributed by atoms with van der Waals surface area (Å²) < 4.78 is 0. The smallest absolute Gasteiger partial charge is 0.242 e. The van der Waals surface area contributed by atoms with Gasteiger partial charge in [-0.2, -0.15) is 5.26 Å². The van der Waals surface area contributed by atoms with Crippen molar-refractivity contribution in [1.29, 1.82) is 5.26 Å². The van der Waals surface area contributed by atoms with E-state index < -0.39 is 6.04 Å². The molecule has 0 aliphatic heterocycles. The average Bonchev–Trinajstić information content (AvgIpc) is 2.29. The third kappa shape index (κ3) is 3.13. The van der Waals surface area contributed by atoms with Gasteiger partial charge in [0.05, 0.1) is 17.7 Å². The number of amides is 1. The van der Waals surface area contributed by atoms with Gasteiger partial charge in [0.25, 0.3) is 0 Å². The van der Waals surface area contributed by atoms with Crippen molar-refractivity contribution in [3.63, 3.8) is 0 Å². The second kappa shape index (κ2) is 5.55. The van der Waals surface area contributed by atoms with Crippen LogP contribution in [0.4, 0.5) is 5.69 Å². The molecule has 0 saturated carbocycles. The van der Waals surface area contributed by atoms with Crippen molar-refractivity contribution < 1.29 is 4.79 Å². The molecule has 80 valence electrons. The summed E-state index contributed by atoms with van der Waals surface area (Å²) in [7, 11) is 0. The lowest BCUT2D eigenvalue weighted by molar-refractivity contribution is -0.117. The van der Waals surface area contributed by atoms with Crippen LogP contribution in [0.5, 0.6) is 0 Å². The normalized spacial score (nSPS) is 10.9. The van der Waals surface area contributed by atoms with Crippen LogP contribution in [-0.2, 0) is 4.79 Å². The Hall–Kier alpha value is -2.30. The molecule has 4 heteroatoms. The molecule has 0 fully saturated rings. The van der Waals surface area contributed by atoms with Crippen molar-refractivity contribution in [2.45, 2.75) is 12.5 Å². The molecular formula is C12H11N3O. The van der Waals surface area contributed by atoms with Crippen LogP contribution in [0.2, 0.25) is 0 Å². The number of hydrogen-bond donors (Lipinski definition) is 2. The van der Waals surface area contributed by atoms with Crippen molar-refractivity contribution in [2.75, 3.05) is 5.32 Å². The van der Waals surface area contributed by atoms with Crippen LogP contribution in [0.25, 0.3) is 0 Å². The van der Waals surface area contributed by atoms with Crippen molar-refractivity contribution in [3.8, 4) is 18.4 Å². The minimum atomic E-state index is -0.726. The number of carbonyl (C=O) groups is 1. The number of carbonyl (C=O) groups excluding carboxylic acids is 1. The number of terminal acetylenes is 1. The second-order valence-corrected chi connectivity index (χ2v) is 3.20. The summed E-state index contributed by atoms with van der Waals surface area (Å²) in [6.45, 7) is 0. The zero-order chi connectivity index (χ0) is 12.0. The molecule has 16 heavy (non-hydrogen) atoms. The van der Waals surface area contributed by atoms with Crippen LogP contribution in [0.1, 0.15) is 12.0 Å². The molecule has 1 amide bonds. The number of nitriles is 1. The molecule has 1 unspecified atom stereocenters. The van der Waals surface area contributed by atoms with E-state index in [2.05, 4.69) is 11.2 Å². The molecule has 0 radical (unpaired) electrons. The topological polar surface area (TPSA) is 78.9 Å². The van der Waals surface area contributed by atoms with Gasteiger partial charge < -0.3 is 11.1 Å². The van der Waals surface area contributed by atoms with E-state index in [0.717, 1.165) is 0 Å². The first kappa shape index (κ1) is 11.8. The molecule has 0 heterocycles. The third-order valence-electron chi connectivity index (χ3n) is 1.93. The third-order valence-corrected chi connectivity index (χ3v) is 1.93. The molecule has 1 atom stereocenters. The van der Waals surface area contributed by atoms with E-state index in [1.54, 1.807) is 24.3 Å². The SMILES string of the molecule is C#CCC(N)C(=O)Nc1cccc(C#N)c1. The highest BCUT2D eigenvalue weighted by atomic mass is 16.2. The fourth-order valence-electron chi connectivity index (χ4n) is 1.12. The molecule has 0 bridgehead atoms. The van der Waals surface area contributed by atoms with Gasteiger partial charge in [0, 0.05) is 12.1 Å². The van der Waals surface area contributed by atoms with E-state index >= 15 is 0 Å². The number of nitrogens with zero attached hydrogens (tertiary/aromatic N) is 1. The zero-order valence-corrected chi connectivity index (χ0v) is 8.60. The van der Waals surface area contributed by atoms with Gasteiger partial charge >= 0.3 is 0 Å². The van der Waals surface area contributed by atoms with Crippen molar-refractivity contribution >= 4 is 11.6 Å². The molecule has 0 aliphatic carbocycles. The second-order valence-electron chi connectivity index (χ2n) is 3.20. The lowest BCUT2D eigenvalue weighted by Crippen LogP contribution is -2.35. The van der Waals surface area contributed by atoms with E-state index in [-0.39, 0.29) is 12.3 Å². The Bertz CT molecular complexity index is 468. The number of hydrogen-bond acceptors (Lipinski definition) is 3. The lowest BCUT2D eigenvalue weighted by atomic mass is 10.2. The summed E-state index contributed by atoms with van der Waals surface area (Å²) >= 11 is 0. The van der Waals surface area contributed by atoms with Gasteiger partial charge in [-0.3, -0.25) is 4.79 Å². The lowest BCUT2D eigenvalue weighted by Gasteiger charge is -2.09. The molecule has 0 aromatic heterocycles. The standard InChI is InChI=1S/C12H11N3O/c1-2-4-11(14)12(16)15-10-6-3-5-9(7-10)8-13/h1,3,5-7,11H,4,14H2,(H,15,16). The monoisotopic (exact) mass is 213 g/mol. The van der Waals surface area contributed by atoms with Crippen LogP contribution >= 0.6 is 0 Å². The van der Waals surface area contributed by atoms with Gasteiger partial charge in [0.2, 0.25) is 5.91 Å².